The molecular formula is C16H17NS. The van der Waals surface area contributed by atoms with Gasteiger partial charge in [-0.15, -0.1) is 0 Å². The third kappa shape index (κ3) is 3.17. The van der Waals surface area contributed by atoms with Gasteiger partial charge < -0.3 is 5.32 Å². The highest BCUT2D eigenvalue weighted by molar-refractivity contribution is 7.80. The fraction of sp³-hybridized carbons (Fsp3) is 0.188. The normalized spacial score (nSPS) is 11.8. The van der Waals surface area contributed by atoms with Gasteiger partial charge in [0.25, 0.3) is 0 Å². The Morgan fingerprint density at radius 2 is 1.56 bits per heavy atom. The van der Waals surface area contributed by atoms with Crippen molar-refractivity contribution in [2.75, 3.05) is 0 Å². The molecule has 2 aromatic carbocycles. The van der Waals surface area contributed by atoms with E-state index in [4.69, 9.17) is 12.2 Å². The predicted octanol–water partition coefficient (Wildman–Crippen LogP) is 4.10. The zero-order valence-electron chi connectivity index (χ0n) is 10.5. The molecule has 0 aliphatic rings. The second-order valence-electron chi connectivity index (χ2n) is 4.21. The van der Waals surface area contributed by atoms with E-state index in [2.05, 4.69) is 36.5 Å². The summed E-state index contributed by atoms with van der Waals surface area (Å²) in [6, 6.07) is 20.8. The van der Waals surface area contributed by atoms with Crippen LogP contribution in [0.2, 0.25) is 0 Å². The van der Waals surface area contributed by atoms with Crippen LogP contribution in [0, 0.1) is 0 Å². The highest BCUT2D eigenvalue weighted by Crippen LogP contribution is 2.17. The zero-order valence-corrected chi connectivity index (χ0v) is 11.3. The van der Waals surface area contributed by atoms with Crippen molar-refractivity contribution in [2.24, 2.45) is 0 Å². The largest absolute Gasteiger partial charge is 0.369 e. The molecule has 1 atom stereocenters. The van der Waals surface area contributed by atoms with E-state index in [-0.39, 0.29) is 6.04 Å². The van der Waals surface area contributed by atoms with Crippen molar-refractivity contribution in [3.8, 4) is 0 Å². The molecule has 2 rings (SSSR count). The van der Waals surface area contributed by atoms with Crippen LogP contribution >= 0.6 is 12.2 Å². The first-order chi connectivity index (χ1) is 8.81. The molecule has 0 aliphatic heterocycles. The zero-order chi connectivity index (χ0) is 12.8. The number of benzene rings is 2. The highest BCUT2D eigenvalue weighted by atomic mass is 32.1. The van der Waals surface area contributed by atoms with Crippen molar-refractivity contribution in [1.82, 2.24) is 5.32 Å². The Hall–Kier alpha value is -1.67. The van der Waals surface area contributed by atoms with Crippen molar-refractivity contribution in [2.45, 2.75) is 19.4 Å². The van der Waals surface area contributed by atoms with Crippen molar-refractivity contribution >= 4 is 17.2 Å². The van der Waals surface area contributed by atoms with Crippen LogP contribution in [0.25, 0.3) is 0 Å². The Morgan fingerprint density at radius 3 is 2.11 bits per heavy atom. The van der Waals surface area contributed by atoms with Gasteiger partial charge in [0.2, 0.25) is 0 Å². The number of hydrogen-bond donors (Lipinski definition) is 1. The number of hydrogen-bond acceptors (Lipinski definition) is 1. The van der Waals surface area contributed by atoms with Gasteiger partial charge in [-0.05, 0) is 12.0 Å². The quantitative estimate of drug-likeness (QED) is 0.825. The summed E-state index contributed by atoms with van der Waals surface area (Å²) in [5.74, 6) is 0. The van der Waals surface area contributed by atoms with Gasteiger partial charge in [-0.25, -0.2) is 0 Å². The lowest BCUT2D eigenvalue weighted by atomic mass is 10.0. The van der Waals surface area contributed by atoms with Gasteiger partial charge in [0.05, 0.1) is 6.04 Å². The minimum Gasteiger partial charge on any atom is -0.369 e. The molecule has 0 saturated carbocycles. The summed E-state index contributed by atoms with van der Waals surface area (Å²) < 4.78 is 0. The first kappa shape index (κ1) is 12.8. The molecule has 1 nitrogen and oxygen atoms in total. The number of thiocarbonyl (C=S) groups is 1. The van der Waals surface area contributed by atoms with Gasteiger partial charge in [-0.1, -0.05) is 79.8 Å². The SMILES string of the molecule is CCC(NC(=S)c1ccccc1)c1ccccc1. The second-order valence-corrected chi connectivity index (χ2v) is 4.62. The highest BCUT2D eigenvalue weighted by Gasteiger charge is 2.10. The average Bonchev–Trinajstić information content (AvgIpc) is 2.46. The van der Waals surface area contributed by atoms with Gasteiger partial charge in [-0.3, -0.25) is 0 Å². The molecule has 0 heterocycles. The molecule has 1 unspecified atom stereocenters. The van der Waals surface area contributed by atoms with E-state index in [1.807, 2.05) is 36.4 Å². The molecule has 0 fully saturated rings. The van der Waals surface area contributed by atoms with Gasteiger partial charge in [0.1, 0.15) is 4.99 Å². The van der Waals surface area contributed by atoms with Crippen molar-refractivity contribution < 1.29 is 0 Å². The van der Waals surface area contributed by atoms with Crippen LogP contribution in [0.1, 0.15) is 30.5 Å². The summed E-state index contributed by atoms with van der Waals surface area (Å²) in [5.41, 5.74) is 2.35. The molecule has 0 aliphatic carbocycles. The van der Waals surface area contributed by atoms with Crippen LogP contribution < -0.4 is 5.32 Å². The molecule has 1 N–H and O–H groups in total. The molecule has 0 amide bonds. The Kier molecular flexibility index (Phi) is 4.48. The van der Waals surface area contributed by atoms with E-state index in [0.29, 0.717) is 0 Å². The van der Waals surface area contributed by atoms with Crippen molar-refractivity contribution in [3.05, 3.63) is 71.8 Å². The van der Waals surface area contributed by atoms with Gasteiger partial charge >= 0.3 is 0 Å². The average molecular weight is 255 g/mol. The minimum atomic E-state index is 0.277. The summed E-state index contributed by atoms with van der Waals surface area (Å²) in [7, 11) is 0. The molecule has 0 aromatic heterocycles. The lowest BCUT2D eigenvalue weighted by Crippen LogP contribution is -2.27. The molecule has 0 saturated heterocycles. The van der Waals surface area contributed by atoms with E-state index in [9.17, 15) is 0 Å². The number of rotatable bonds is 4. The molecular weight excluding hydrogens is 238 g/mol. The van der Waals surface area contributed by atoms with Crippen LogP contribution in [0.3, 0.4) is 0 Å². The predicted molar refractivity (Wildman–Crippen MR) is 80.8 cm³/mol. The Balaban J connectivity index is 2.10. The van der Waals surface area contributed by atoms with Crippen LogP contribution in [0.5, 0.6) is 0 Å². The monoisotopic (exact) mass is 255 g/mol. The molecule has 0 spiro atoms. The second kappa shape index (κ2) is 6.31. The molecule has 0 bridgehead atoms. The van der Waals surface area contributed by atoms with E-state index in [1.165, 1.54) is 5.56 Å². The van der Waals surface area contributed by atoms with Crippen LogP contribution in [-0.4, -0.2) is 4.99 Å². The lowest BCUT2D eigenvalue weighted by molar-refractivity contribution is 0.630. The maximum absolute atomic E-state index is 5.45. The molecule has 2 aromatic rings. The number of nitrogens with one attached hydrogen (secondary N) is 1. The van der Waals surface area contributed by atoms with Crippen molar-refractivity contribution in [3.63, 3.8) is 0 Å². The summed E-state index contributed by atoms with van der Waals surface area (Å²) in [5, 5.41) is 3.43. The van der Waals surface area contributed by atoms with Gasteiger partial charge in [-0.2, -0.15) is 0 Å². The van der Waals surface area contributed by atoms with Crippen LogP contribution in [0.15, 0.2) is 60.7 Å². The van der Waals surface area contributed by atoms with E-state index >= 15 is 0 Å². The molecule has 0 radical (unpaired) electrons. The third-order valence-electron chi connectivity index (χ3n) is 2.95. The summed E-state index contributed by atoms with van der Waals surface area (Å²) >= 11 is 5.45. The molecule has 2 heteroatoms. The Bertz CT molecular complexity index is 493. The first-order valence-electron chi connectivity index (χ1n) is 6.22. The van der Waals surface area contributed by atoms with Crippen molar-refractivity contribution in [1.29, 1.82) is 0 Å². The fourth-order valence-electron chi connectivity index (χ4n) is 1.94. The fourth-order valence-corrected chi connectivity index (χ4v) is 2.22. The first-order valence-corrected chi connectivity index (χ1v) is 6.63. The van der Waals surface area contributed by atoms with Gasteiger partial charge in [0.15, 0.2) is 0 Å². The Morgan fingerprint density at radius 1 is 1.00 bits per heavy atom. The van der Waals surface area contributed by atoms with E-state index in [0.717, 1.165) is 17.0 Å². The molecule has 18 heavy (non-hydrogen) atoms. The summed E-state index contributed by atoms with van der Waals surface area (Å²) in [4.78, 5) is 0.811. The van der Waals surface area contributed by atoms with E-state index in [1.54, 1.807) is 0 Å². The third-order valence-corrected chi connectivity index (χ3v) is 3.31. The lowest BCUT2D eigenvalue weighted by Gasteiger charge is -2.19. The standard InChI is InChI=1S/C16H17NS/c1-2-15(13-9-5-3-6-10-13)17-16(18)14-11-7-4-8-12-14/h3-12,15H,2H2,1H3,(H,17,18). The maximum Gasteiger partial charge on any atom is 0.107 e. The minimum absolute atomic E-state index is 0.277. The van der Waals surface area contributed by atoms with Crippen LogP contribution in [-0.2, 0) is 0 Å². The summed E-state index contributed by atoms with van der Waals surface area (Å²) in [6.45, 7) is 2.16. The molecule has 92 valence electrons. The Labute approximate surface area is 114 Å². The van der Waals surface area contributed by atoms with Gasteiger partial charge in [0, 0.05) is 5.56 Å². The maximum atomic E-state index is 5.45. The topological polar surface area (TPSA) is 12.0 Å². The summed E-state index contributed by atoms with van der Waals surface area (Å²) in [6.07, 6.45) is 1.01. The smallest absolute Gasteiger partial charge is 0.107 e. The van der Waals surface area contributed by atoms with E-state index < -0.39 is 0 Å². The van der Waals surface area contributed by atoms with Crippen LogP contribution in [0.4, 0.5) is 0 Å².